The lowest BCUT2D eigenvalue weighted by atomic mass is 9.98. The van der Waals surface area contributed by atoms with Crippen molar-refractivity contribution in [1.82, 2.24) is 0 Å². The molecule has 34 heavy (non-hydrogen) atoms. The first-order chi connectivity index (χ1) is 16.2. The van der Waals surface area contributed by atoms with Gasteiger partial charge in [-0.2, -0.15) is 0 Å². The first-order valence-corrected chi connectivity index (χ1v) is 9.72. The maximum absolute atomic E-state index is 10.4. The van der Waals surface area contributed by atoms with Crippen LogP contribution >= 0.6 is 0 Å². The second kappa shape index (κ2) is 10.0. The van der Waals surface area contributed by atoms with E-state index in [9.17, 15) is 35.4 Å². The maximum Gasteiger partial charge on any atom is 0.324 e. The molecule has 0 fully saturated rings. The van der Waals surface area contributed by atoms with Gasteiger partial charge in [-0.05, 0) is 40.5 Å². The van der Waals surface area contributed by atoms with E-state index in [0.717, 1.165) is 6.42 Å². The Morgan fingerprint density at radius 1 is 0.676 bits per heavy atom. The molecule has 0 aliphatic rings. The molecule has 0 amide bonds. The van der Waals surface area contributed by atoms with Gasteiger partial charge in [-0.1, -0.05) is 54.6 Å². The predicted octanol–water partition coefficient (Wildman–Crippen LogP) is 5.25. The molecule has 11 nitrogen and oxygen atoms in total. The molecule has 0 spiro atoms. The molecule has 11 heteroatoms. The molecule has 0 aromatic heterocycles. The number of phenols is 2. The first-order valence-electron chi connectivity index (χ1n) is 9.72. The highest BCUT2D eigenvalue weighted by Gasteiger charge is 2.30. The van der Waals surface area contributed by atoms with Crippen LogP contribution in [0.3, 0.4) is 0 Å². The van der Waals surface area contributed by atoms with Crippen LogP contribution in [-0.2, 0) is 6.42 Å². The molecule has 0 aliphatic heterocycles. The molecule has 172 valence electrons. The lowest BCUT2D eigenvalue weighted by Crippen LogP contribution is -1.97. The van der Waals surface area contributed by atoms with Gasteiger partial charge in [-0.3, -0.25) is 30.3 Å². The third-order valence-electron chi connectivity index (χ3n) is 4.87. The SMILES string of the molecule is O=[N+]([O-])c1cc([N+](=O)[O-])c(O)c([N+](=O)[O-])c1.Oc1ccc(Cc2cccc3ccccc23)cc1. The van der Waals surface area contributed by atoms with Gasteiger partial charge in [-0.15, -0.1) is 0 Å². The van der Waals surface area contributed by atoms with Crippen molar-refractivity contribution in [3.63, 3.8) is 0 Å². The molecule has 0 bridgehead atoms. The van der Waals surface area contributed by atoms with Gasteiger partial charge < -0.3 is 10.2 Å². The molecule has 0 radical (unpaired) electrons. The highest BCUT2D eigenvalue weighted by atomic mass is 16.6. The zero-order valence-corrected chi connectivity index (χ0v) is 17.4. The summed E-state index contributed by atoms with van der Waals surface area (Å²) in [5, 5.41) is 52.1. The lowest BCUT2D eigenvalue weighted by Gasteiger charge is -2.06. The zero-order chi connectivity index (χ0) is 24.8. The van der Waals surface area contributed by atoms with Crippen molar-refractivity contribution in [2.45, 2.75) is 6.42 Å². The summed E-state index contributed by atoms with van der Waals surface area (Å²) in [4.78, 5) is 27.8. The van der Waals surface area contributed by atoms with Crippen LogP contribution < -0.4 is 0 Å². The van der Waals surface area contributed by atoms with Crippen LogP contribution in [0.15, 0.2) is 78.9 Å². The summed E-state index contributed by atoms with van der Waals surface area (Å²) < 4.78 is 0. The van der Waals surface area contributed by atoms with Gasteiger partial charge in [0, 0.05) is 0 Å². The number of hydrogen-bond donors (Lipinski definition) is 2. The average molecular weight is 463 g/mol. The molecule has 0 saturated carbocycles. The number of nitrogens with zero attached hydrogens (tertiary/aromatic N) is 3. The van der Waals surface area contributed by atoms with Gasteiger partial charge in [0.05, 0.1) is 26.9 Å². The summed E-state index contributed by atoms with van der Waals surface area (Å²) in [7, 11) is 0. The van der Waals surface area contributed by atoms with Crippen molar-refractivity contribution in [3.8, 4) is 11.5 Å². The topological polar surface area (TPSA) is 170 Å². The van der Waals surface area contributed by atoms with E-state index in [1.165, 1.54) is 21.9 Å². The van der Waals surface area contributed by atoms with Crippen molar-refractivity contribution in [2.75, 3.05) is 0 Å². The summed E-state index contributed by atoms with van der Waals surface area (Å²) >= 11 is 0. The summed E-state index contributed by atoms with van der Waals surface area (Å²) in [5.41, 5.74) is -0.471. The number of non-ortho nitro benzene ring substituents is 1. The molecule has 0 aliphatic carbocycles. The van der Waals surface area contributed by atoms with E-state index in [2.05, 4.69) is 42.5 Å². The molecule has 0 atom stereocenters. The van der Waals surface area contributed by atoms with Crippen LogP contribution in [0, 0.1) is 30.3 Å². The Kier molecular flexibility index (Phi) is 6.97. The van der Waals surface area contributed by atoms with E-state index in [1.807, 2.05) is 12.1 Å². The van der Waals surface area contributed by atoms with Crippen molar-refractivity contribution < 1.29 is 25.0 Å². The van der Waals surface area contributed by atoms with Crippen molar-refractivity contribution in [1.29, 1.82) is 0 Å². The van der Waals surface area contributed by atoms with Gasteiger partial charge in [-0.25, -0.2) is 0 Å². The number of nitro benzene ring substituents is 3. The van der Waals surface area contributed by atoms with E-state index in [4.69, 9.17) is 5.11 Å². The fourth-order valence-electron chi connectivity index (χ4n) is 3.25. The maximum atomic E-state index is 10.4. The Balaban J connectivity index is 0.000000192. The number of hydrogen-bond acceptors (Lipinski definition) is 8. The molecular weight excluding hydrogens is 446 g/mol. The first kappa shape index (κ1) is 23.6. The second-order valence-electron chi connectivity index (χ2n) is 7.09. The summed E-state index contributed by atoms with van der Waals surface area (Å²) in [6.07, 6.45) is 0.891. The number of rotatable bonds is 5. The van der Waals surface area contributed by atoms with E-state index in [-0.39, 0.29) is 0 Å². The smallest absolute Gasteiger partial charge is 0.324 e. The summed E-state index contributed by atoms with van der Waals surface area (Å²) in [5.74, 6) is -0.891. The van der Waals surface area contributed by atoms with Crippen LogP contribution in [0.4, 0.5) is 17.1 Å². The molecule has 0 saturated heterocycles. The van der Waals surface area contributed by atoms with Crippen LogP contribution in [0.2, 0.25) is 0 Å². The molecule has 2 N–H and O–H groups in total. The Hall–Kier alpha value is -5.06. The monoisotopic (exact) mass is 463 g/mol. The predicted molar refractivity (Wildman–Crippen MR) is 123 cm³/mol. The van der Waals surface area contributed by atoms with Gasteiger partial charge in [0.1, 0.15) is 5.75 Å². The fraction of sp³-hybridized carbons (Fsp3) is 0.0435. The van der Waals surface area contributed by atoms with E-state index < -0.39 is 37.6 Å². The third-order valence-corrected chi connectivity index (χ3v) is 4.87. The van der Waals surface area contributed by atoms with Crippen LogP contribution in [0.25, 0.3) is 10.8 Å². The minimum Gasteiger partial charge on any atom is -0.508 e. The molecule has 4 aromatic rings. The standard InChI is InChI=1S/C17H14O.C6H3N3O7/c18-16-10-8-13(9-11-16)12-15-6-3-5-14-4-1-2-7-17(14)15;10-6-4(8(13)14)1-3(7(11)12)2-5(6)9(15)16/h1-11,18H,12H2;1-2,10H. The molecule has 4 aromatic carbocycles. The van der Waals surface area contributed by atoms with Gasteiger partial charge >= 0.3 is 11.4 Å². The Bertz CT molecular complexity index is 1350. The molecule has 0 unspecified atom stereocenters. The van der Waals surface area contributed by atoms with Gasteiger partial charge in [0.2, 0.25) is 0 Å². The lowest BCUT2D eigenvalue weighted by molar-refractivity contribution is -0.404. The van der Waals surface area contributed by atoms with Gasteiger partial charge in [0.25, 0.3) is 11.4 Å². The number of fused-ring (bicyclic) bond motifs is 1. The van der Waals surface area contributed by atoms with E-state index in [1.54, 1.807) is 12.1 Å². The normalized spacial score (nSPS) is 10.2. The highest BCUT2D eigenvalue weighted by Crippen LogP contribution is 2.39. The average Bonchev–Trinajstić information content (AvgIpc) is 2.81. The number of nitro groups is 3. The van der Waals surface area contributed by atoms with Crippen LogP contribution in [0.1, 0.15) is 11.1 Å². The Morgan fingerprint density at radius 2 is 1.24 bits per heavy atom. The third kappa shape index (κ3) is 5.40. The van der Waals surface area contributed by atoms with Gasteiger partial charge in [0.15, 0.2) is 0 Å². The van der Waals surface area contributed by atoms with Crippen molar-refractivity contribution in [2.24, 2.45) is 0 Å². The second-order valence-corrected chi connectivity index (χ2v) is 7.09. The van der Waals surface area contributed by atoms with E-state index in [0.29, 0.717) is 17.9 Å². The Labute approximate surface area is 191 Å². The quantitative estimate of drug-likeness (QED) is 0.298. The van der Waals surface area contributed by atoms with Crippen LogP contribution in [0.5, 0.6) is 11.5 Å². The minimum atomic E-state index is -1.21. The summed E-state index contributed by atoms with van der Waals surface area (Å²) in [6, 6.07) is 23.1. The molecular formula is C23H17N3O8. The fourth-order valence-corrected chi connectivity index (χ4v) is 3.25. The number of aromatic hydroxyl groups is 2. The largest absolute Gasteiger partial charge is 0.508 e. The highest BCUT2D eigenvalue weighted by molar-refractivity contribution is 5.85. The molecule has 0 heterocycles. The molecule has 4 rings (SSSR count). The van der Waals surface area contributed by atoms with Crippen molar-refractivity contribution >= 4 is 27.8 Å². The van der Waals surface area contributed by atoms with Crippen molar-refractivity contribution in [3.05, 3.63) is 120 Å². The van der Waals surface area contributed by atoms with Crippen LogP contribution in [-0.4, -0.2) is 25.0 Å². The zero-order valence-electron chi connectivity index (χ0n) is 17.4. The summed E-state index contributed by atoms with van der Waals surface area (Å²) in [6.45, 7) is 0. The minimum absolute atomic E-state index is 0.316. The number of phenolic OH excluding ortho intramolecular Hbond substituents is 2. The van der Waals surface area contributed by atoms with E-state index >= 15 is 0 Å². The Morgan fingerprint density at radius 3 is 1.79 bits per heavy atom. The number of benzene rings is 4.